The molecule has 0 spiro atoms. The number of benzene rings is 1. The minimum Gasteiger partial charge on any atom is -0.479 e. The molecule has 1 aromatic carbocycles. The summed E-state index contributed by atoms with van der Waals surface area (Å²) in [5.41, 5.74) is 1.57. The Morgan fingerprint density at radius 1 is 1.45 bits per heavy atom. The number of carboxylic acid groups (broad SMARTS) is 1. The number of fused-ring (bicyclic) bond motifs is 1. The second-order valence-corrected chi connectivity index (χ2v) is 5.57. The van der Waals surface area contributed by atoms with Gasteiger partial charge in [-0.05, 0) is 32.4 Å². The number of aryl methyl sites for hydroxylation is 2. The van der Waals surface area contributed by atoms with Crippen molar-refractivity contribution < 1.29 is 15.0 Å². The van der Waals surface area contributed by atoms with Crippen LogP contribution in [0.25, 0.3) is 10.9 Å². The molecule has 1 heterocycles. The van der Waals surface area contributed by atoms with E-state index in [9.17, 15) is 15.2 Å². The summed E-state index contributed by atoms with van der Waals surface area (Å²) in [7, 11) is 0. The van der Waals surface area contributed by atoms with Gasteiger partial charge in [0.25, 0.3) is 0 Å². The van der Waals surface area contributed by atoms with E-state index in [0.29, 0.717) is 11.3 Å². The van der Waals surface area contributed by atoms with Crippen molar-refractivity contribution in [2.45, 2.75) is 26.4 Å². The Hall–Kier alpha value is -2.65. The van der Waals surface area contributed by atoms with Crippen molar-refractivity contribution in [3.05, 3.63) is 35.0 Å². The van der Waals surface area contributed by atoms with E-state index in [0.717, 1.165) is 22.0 Å². The number of aliphatic carboxylic acids is 1. The molecule has 0 bridgehead atoms. The molecular formula is C16H17N3O3. The topological polar surface area (TPSA) is 106 Å². The molecule has 0 radical (unpaired) electrons. The smallest absolute Gasteiger partial charge is 0.337 e. The molecule has 3 N–H and O–H groups in total. The first-order chi connectivity index (χ1) is 10.3. The Labute approximate surface area is 128 Å². The summed E-state index contributed by atoms with van der Waals surface area (Å²) in [5.74, 6) is -1.33. The van der Waals surface area contributed by atoms with E-state index in [1.807, 2.05) is 32.0 Å². The van der Waals surface area contributed by atoms with Gasteiger partial charge in [-0.1, -0.05) is 11.6 Å². The van der Waals surface area contributed by atoms with Gasteiger partial charge in [0.2, 0.25) is 0 Å². The first kappa shape index (κ1) is 15.7. The summed E-state index contributed by atoms with van der Waals surface area (Å²) in [5, 5.41) is 31.7. The molecule has 1 unspecified atom stereocenters. The van der Waals surface area contributed by atoms with E-state index in [1.165, 1.54) is 13.1 Å². The van der Waals surface area contributed by atoms with Crippen LogP contribution in [-0.4, -0.2) is 33.3 Å². The fourth-order valence-corrected chi connectivity index (χ4v) is 2.27. The van der Waals surface area contributed by atoms with Gasteiger partial charge < -0.3 is 15.5 Å². The lowest BCUT2D eigenvalue weighted by molar-refractivity contribution is -0.155. The van der Waals surface area contributed by atoms with Crippen molar-refractivity contribution >= 4 is 22.6 Å². The summed E-state index contributed by atoms with van der Waals surface area (Å²) in [6.45, 7) is 4.84. The Morgan fingerprint density at radius 2 is 2.14 bits per heavy atom. The molecule has 0 saturated carbocycles. The lowest BCUT2D eigenvalue weighted by atomic mass is 10.0. The zero-order chi connectivity index (χ0) is 16.5. The fraction of sp³-hybridized carbons (Fsp3) is 0.312. The predicted molar refractivity (Wildman–Crippen MR) is 82.7 cm³/mol. The number of carbonyl (C=O) groups is 1. The lowest BCUT2D eigenvalue weighted by Gasteiger charge is -2.20. The van der Waals surface area contributed by atoms with Crippen LogP contribution in [0.3, 0.4) is 0 Å². The number of aromatic nitrogens is 1. The van der Waals surface area contributed by atoms with Gasteiger partial charge in [0.1, 0.15) is 6.07 Å². The molecule has 0 amide bonds. The highest BCUT2D eigenvalue weighted by Crippen LogP contribution is 2.29. The van der Waals surface area contributed by atoms with Crippen LogP contribution in [0, 0.1) is 25.2 Å². The average Bonchev–Trinajstić information content (AvgIpc) is 2.44. The van der Waals surface area contributed by atoms with Gasteiger partial charge in [0, 0.05) is 11.6 Å². The first-order valence-electron chi connectivity index (χ1n) is 6.76. The highest BCUT2D eigenvalue weighted by Gasteiger charge is 2.30. The van der Waals surface area contributed by atoms with Crippen LogP contribution in [0.1, 0.15) is 23.6 Å². The van der Waals surface area contributed by atoms with Gasteiger partial charge in [0.05, 0.1) is 23.3 Å². The number of hydrogen-bond acceptors (Lipinski definition) is 5. The maximum absolute atomic E-state index is 11.0. The summed E-state index contributed by atoms with van der Waals surface area (Å²) in [6.07, 6.45) is 1.45. The van der Waals surface area contributed by atoms with Gasteiger partial charge in [-0.15, -0.1) is 0 Å². The van der Waals surface area contributed by atoms with Gasteiger partial charge in [0.15, 0.2) is 5.60 Å². The zero-order valence-electron chi connectivity index (χ0n) is 12.6. The molecule has 0 aliphatic heterocycles. The van der Waals surface area contributed by atoms with E-state index in [4.69, 9.17) is 5.11 Å². The van der Waals surface area contributed by atoms with Gasteiger partial charge in [-0.3, -0.25) is 4.98 Å². The van der Waals surface area contributed by atoms with Crippen LogP contribution in [0.4, 0.5) is 5.69 Å². The maximum Gasteiger partial charge on any atom is 0.337 e. The number of nitrogens with one attached hydrogen (secondary N) is 1. The van der Waals surface area contributed by atoms with E-state index >= 15 is 0 Å². The predicted octanol–water partition coefficient (Wildman–Crippen LogP) is 1.97. The molecule has 0 saturated heterocycles. The summed E-state index contributed by atoms with van der Waals surface area (Å²) < 4.78 is 0. The van der Waals surface area contributed by atoms with Crippen LogP contribution in [0.2, 0.25) is 0 Å². The van der Waals surface area contributed by atoms with Crippen molar-refractivity contribution in [1.82, 2.24) is 4.98 Å². The second-order valence-electron chi connectivity index (χ2n) is 5.57. The average molecular weight is 299 g/mol. The minimum atomic E-state index is -1.93. The highest BCUT2D eigenvalue weighted by atomic mass is 16.4. The third-order valence-corrected chi connectivity index (χ3v) is 3.50. The highest BCUT2D eigenvalue weighted by molar-refractivity contribution is 5.96. The van der Waals surface area contributed by atoms with Gasteiger partial charge in [-0.2, -0.15) is 5.26 Å². The van der Waals surface area contributed by atoms with Crippen LogP contribution >= 0.6 is 0 Å². The number of aliphatic hydroxyl groups is 1. The Kier molecular flexibility index (Phi) is 4.02. The van der Waals surface area contributed by atoms with Crippen LogP contribution in [0.15, 0.2) is 18.3 Å². The van der Waals surface area contributed by atoms with Crippen molar-refractivity contribution in [2.75, 3.05) is 11.9 Å². The normalized spacial score (nSPS) is 13.4. The fourth-order valence-electron chi connectivity index (χ4n) is 2.27. The van der Waals surface area contributed by atoms with Crippen molar-refractivity contribution in [2.24, 2.45) is 0 Å². The molecule has 22 heavy (non-hydrogen) atoms. The molecule has 6 heteroatoms. The number of nitrogens with zero attached hydrogens (tertiary/aromatic N) is 2. The van der Waals surface area contributed by atoms with Crippen molar-refractivity contribution in [1.29, 1.82) is 5.26 Å². The molecule has 0 aliphatic rings. The van der Waals surface area contributed by atoms with E-state index < -0.39 is 11.6 Å². The Morgan fingerprint density at radius 3 is 2.73 bits per heavy atom. The number of carboxylic acids is 1. The molecule has 1 atom stereocenters. The monoisotopic (exact) mass is 299 g/mol. The molecule has 6 nitrogen and oxygen atoms in total. The molecule has 0 fully saturated rings. The number of anilines is 1. The standard InChI is InChI=1S/C16H17N3O3/c1-9-4-10(2)13-12(5-9)14(11(6-17)7-18-13)19-8-16(3,22)15(20)21/h4-5,7,22H,8H2,1-3H3,(H,18,19)(H,20,21). The van der Waals surface area contributed by atoms with E-state index in [-0.39, 0.29) is 6.54 Å². The van der Waals surface area contributed by atoms with Gasteiger partial charge in [-0.25, -0.2) is 4.79 Å². The lowest BCUT2D eigenvalue weighted by Crippen LogP contribution is -2.42. The van der Waals surface area contributed by atoms with E-state index in [2.05, 4.69) is 10.3 Å². The zero-order valence-corrected chi connectivity index (χ0v) is 12.6. The van der Waals surface area contributed by atoms with Crippen molar-refractivity contribution in [3.8, 4) is 6.07 Å². The molecule has 2 rings (SSSR count). The number of nitriles is 1. The number of rotatable bonds is 4. The minimum absolute atomic E-state index is 0.219. The Balaban J connectivity index is 2.56. The molecule has 114 valence electrons. The van der Waals surface area contributed by atoms with Crippen LogP contribution in [0.5, 0.6) is 0 Å². The molecular weight excluding hydrogens is 282 g/mol. The molecule has 0 aliphatic carbocycles. The number of pyridine rings is 1. The molecule has 1 aromatic heterocycles. The summed E-state index contributed by atoms with van der Waals surface area (Å²) in [4.78, 5) is 15.3. The largest absolute Gasteiger partial charge is 0.479 e. The quantitative estimate of drug-likeness (QED) is 0.797. The summed E-state index contributed by atoms with van der Waals surface area (Å²) in [6, 6.07) is 5.91. The Bertz CT molecular complexity index is 791. The third kappa shape index (κ3) is 2.85. The molecule has 2 aromatic rings. The van der Waals surface area contributed by atoms with Crippen LogP contribution in [-0.2, 0) is 4.79 Å². The third-order valence-electron chi connectivity index (χ3n) is 3.50. The van der Waals surface area contributed by atoms with Crippen molar-refractivity contribution in [3.63, 3.8) is 0 Å². The first-order valence-corrected chi connectivity index (χ1v) is 6.76. The van der Waals surface area contributed by atoms with Gasteiger partial charge >= 0.3 is 5.97 Å². The number of hydrogen-bond donors (Lipinski definition) is 3. The SMILES string of the molecule is Cc1cc(C)c2ncc(C#N)c(NCC(C)(O)C(=O)O)c2c1. The second kappa shape index (κ2) is 5.62. The van der Waals surface area contributed by atoms with E-state index in [1.54, 1.807) is 0 Å². The van der Waals surface area contributed by atoms with Crippen LogP contribution < -0.4 is 5.32 Å². The summed E-state index contributed by atoms with van der Waals surface area (Å²) >= 11 is 0. The maximum atomic E-state index is 11.0.